The van der Waals surface area contributed by atoms with Crippen LogP contribution in [0.4, 0.5) is 0 Å². The molecule has 1 unspecified atom stereocenters. The van der Waals surface area contributed by atoms with Crippen molar-refractivity contribution in [1.82, 2.24) is 4.90 Å². The number of hydrogen-bond donors (Lipinski definition) is 2. The number of nitrogens with two attached hydrogens (primary N) is 1. The maximum atomic E-state index is 12.5. The number of hydrogen-bond acceptors (Lipinski definition) is 3. The van der Waals surface area contributed by atoms with E-state index in [1.165, 1.54) is 0 Å². The van der Waals surface area contributed by atoms with Crippen LogP contribution in [-0.4, -0.2) is 34.4 Å². The smallest absolute Gasteiger partial charge is 0.256 e. The fraction of sp³-hybridized carbons (Fsp3) is 0.333. The second kappa shape index (κ2) is 5.79. The van der Waals surface area contributed by atoms with E-state index >= 15 is 0 Å². The average Bonchev–Trinajstić information content (AvgIpc) is 2.89. The van der Waals surface area contributed by atoms with Crippen molar-refractivity contribution in [2.45, 2.75) is 18.9 Å². The van der Waals surface area contributed by atoms with Gasteiger partial charge in [0.05, 0.1) is 16.6 Å². The summed E-state index contributed by atoms with van der Waals surface area (Å²) < 4.78 is 0.778. The van der Waals surface area contributed by atoms with Gasteiger partial charge in [-0.25, -0.2) is 0 Å². The summed E-state index contributed by atoms with van der Waals surface area (Å²) in [6.07, 6.45) is 1.51. The molecule has 2 rings (SSSR count). The van der Waals surface area contributed by atoms with Gasteiger partial charge in [0.1, 0.15) is 0 Å². The summed E-state index contributed by atoms with van der Waals surface area (Å²) in [7, 11) is 0. The molecule has 0 spiro atoms. The summed E-state index contributed by atoms with van der Waals surface area (Å²) in [6.45, 7) is 0.572. The third-order valence-electron chi connectivity index (χ3n) is 3.13. The molecule has 0 aromatic heterocycles. The summed E-state index contributed by atoms with van der Waals surface area (Å²) in [5.74, 6) is -0.155. The first-order valence-electron chi connectivity index (χ1n) is 5.78. The van der Waals surface area contributed by atoms with Crippen LogP contribution >= 0.6 is 27.5 Å². The molecule has 1 atom stereocenters. The van der Waals surface area contributed by atoms with Crippen LogP contribution in [0.25, 0.3) is 0 Å². The number of rotatable bonds is 2. The van der Waals surface area contributed by atoms with Crippen LogP contribution in [0, 0.1) is 0 Å². The Kier molecular flexibility index (Phi) is 4.31. The molecule has 0 aliphatic carbocycles. The second-order valence-corrected chi connectivity index (χ2v) is 5.63. The van der Waals surface area contributed by atoms with Gasteiger partial charge in [-0.15, -0.1) is 0 Å². The number of likely N-dealkylation sites (tertiary alicyclic amines) is 1. The molecule has 102 valence electrons. The van der Waals surface area contributed by atoms with Gasteiger partial charge in [-0.3, -0.25) is 4.79 Å². The average molecular weight is 347 g/mol. The predicted octanol–water partition coefficient (Wildman–Crippen LogP) is 2.45. The predicted molar refractivity (Wildman–Crippen MR) is 76.6 cm³/mol. The van der Waals surface area contributed by atoms with Crippen molar-refractivity contribution in [2.24, 2.45) is 10.9 Å². The van der Waals surface area contributed by atoms with E-state index in [1.807, 2.05) is 0 Å². The number of nitrogens with zero attached hydrogens (tertiary/aromatic N) is 2. The van der Waals surface area contributed by atoms with Crippen LogP contribution in [0.5, 0.6) is 0 Å². The van der Waals surface area contributed by atoms with Gasteiger partial charge in [0.15, 0.2) is 5.84 Å². The van der Waals surface area contributed by atoms with Gasteiger partial charge in [0, 0.05) is 11.0 Å². The molecule has 1 saturated heterocycles. The molecule has 3 N–H and O–H groups in total. The topological polar surface area (TPSA) is 78.9 Å². The molecule has 1 aromatic rings. The highest BCUT2D eigenvalue weighted by molar-refractivity contribution is 9.10. The van der Waals surface area contributed by atoms with Crippen molar-refractivity contribution in [3.8, 4) is 0 Å². The van der Waals surface area contributed by atoms with Gasteiger partial charge in [-0.1, -0.05) is 32.7 Å². The van der Waals surface area contributed by atoms with Gasteiger partial charge in [0.2, 0.25) is 0 Å². The molecule has 0 saturated carbocycles. The first-order valence-corrected chi connectivity index (χ1v) is 6.95. The molecule has 7 heteroatoms. The van der Waals surface area contributed by atoms with Crippen molar-refractivity contribution in [1.29, 1.82) is 0 Å². The van der Waals surface area contributed by atoms with Crippen molar-refractivity contribution < 1.29 is 10.0 Å². The minimum Gasteiger partial charge on any atom is -0.409 e. The Labute approximate surface area is 124 Å². The maximum absolute atomic E-state index is 12.5. The Balaban J connectivity index is 2.31. The Morgan fingerprint density at radius 2 is 2.32 bits per heavy atom. The second-order valence-electron chi connectivity index (χ2n) is 4.31. The zero-order chi connectivity index (χ0) is 14.0. The SMILES string of the molecule is NC(=NO)C1CCCN1C(=O)c1cc(Br)ccc1Cl. The molecule has 5 nitrogen and oxygen atoms in total. The standard InChI is InChI=1S/C12H13BrClN3O2/c13-7-3-4-9(14)8(6-7)12(18)17-5-1-2-10(17)11(15)16-19/h3-4,6,10,19H,1-2,5H2,(H2,15,16). The van der Waals surface area contributed by atoms with Crippen LogP contribution in [0.3, 0.4) is 0 Å². The van der Waals surface area contributed by atoms with Gasteiger partial charge in [0.25, 0.3) is 5.91 Å². The van der Waals surface area contributed by atoms with E-state index in [-0.39, 0.29) is 17.8 Å². The lowest BCUT2D eigenvalue weighted by molar-refractivity contribution is 0.0768. The summed E-state index contributed by atoms with van der Waals surface area (Å²) >= 11 is 9.36. The highest BCUT2D eigenvalue weighted by Crippen LogP contribution is 2.26. The lowest BCUT2D eigenvalue weighted by Gasteiger charge is -2.24. The molecule has 1 amide bonds. The molecular weight excluding hydrogens is 334 g/mol. The summed E-state index contributed by atoms with van der Waals surface area (Å²) in [6, 6.07) is 4.73. The Bertz CT molecular complexity index is 536. The number of amides is 1. The molecule has 1 fully saturated rings. The van der Waals surface area contributed by atoms with Crippen molar-refractivity contribution >= 4 is 39.3 Å². The summed E-state index contributed by atoms with van der Waals surface area (Å²) in [5.41, 5.74) is 6.03. The van der Waals surface area contributed by atoms with E-state index in [9.17, 15) is 4.79 Å². The van der Waals surface area contributed by atoms with Crippen LogP contribution < -0.4 is 5.73 Å². The third-order valence-corrected chi connectivity index (χ3v) is 3.95. The van der Waals surface area contributed by atoms with Crippen molar-refractivity contribution in [3.63, 3.8) is 0 Å². The fourth-order valence-corrected chi connectivity index (χ4v) is 2.76. The number of benzene rings is 1. The molecule has 1 aliphatic heterocycles. The highest BCUT2D eigenvalue weighted by Gasteiger charge is 2.33. The van der Waals surface area contributed by atoms with Gasteiger partial charge in [-0.2, -0.15) is 0 Å². The van der Waals surface area contributed by atoms with Gasteiger partial charge in [-0.05, 0) is 31.0 Å². The number of oxime groups is 1. The largest absolute Gasteiger partial charge is 0.409 e. The van der Waals surface area contributed by atoms with Crippen LogP contribution in [0.1, 0.15) is 23.2 Å². The summed E-state index contributed by atoms with van der Waals surface area (Å²) in [4.78, 5) is 14.1. The molecule has 0 bridgehead atoms. The van der Waals surface area contributed by atoms with Crippen LogP contribution in [0.15, 0.2) is 27.8 Å². The molecular formula is C12H13BrClN3O2. The van der Waals surface area contributed by atoms with E-state index in [0.717, 1.165) is 10.9 Å². The van der Waals surface area contributed by atoms with E-state index in [2.05, 4.69) is 21.1 Å². The van der Waals surface area contributed by atoms with Crippen molar-refractivity contribution in [2.75, 3.05) is 6.54 Å². The van der Waals surface area contributed by atoms with Gasteiger partial charge < -0.3 is 15.8 Å². The zero-order valence-corrected chi connectivity index (χ0v) is 12.4. The van der Waals surface area contributed by atoms with Crippen molar-refractivity contribution in [3.05, 3.63) is 33.3 Å². The monoisotopic (exact) mass is 345 g/mol. The van der Waals surface area contributed by atoms with E-state index in [4.69, 9.17) is 22.5 Å². The van der Waals surface area contributed by atoms with Crippen LogP contribution in [0.2, 0.25) is 5.02 Å². The zero-order valence-electron chi connectivity index (χ0n) is 10.0. The molecule has 0 radical (unpaired) electrons. The summed E-state index contributed by atoms with van der Waals surface area (Å²) in [5, 5.41) is 12.1. The Hall–Kier alpha value is -1.27. The van der Waals surface area contributed by atoms with E-state index in [1.54, 1.807) is 23.1 Å². The normalized spacial score (nSPS) is 19.8. The molecule has 1 aliphatic rings. The van der Waals surface area contributed by atoms with E-state index < -0.39 is 0 Å². The Morgan fingerprint density at radius 1 is 1.58 bits per heavy atom. The highest BCUT2D eigenvalue weighted by atomic mass is 79.9. The number of halogens is 2. The lowest BCUT2D eigenvalue weighted by atomic mass is 10.1. The van der Waals surface area contributed by atoms with Gasteiger partial charge >= 0.3 is 0 Å². The number of amidine groups is 1. The number of carbonyl (C=O) groups excluding carboxylic acids is 1. The van der Waals surface area contributed by atoms with Crippen LogP contribution in [-0.2, 0) is 0 Å². The minimum atomic E-state index is -0.368. The maximum Gasteiger partial charge on any atom is 0.256 e. The van der Waals surface area contributed by atoms with E-state index in [0.29, 0.717) is 23.6 Å². The first-order chi connectivity index (χ1) is 9.04. The molecule has 1 aromatic carbocycles. The quantitative estimate of drug-likeness (QED) is 0.374. The first kappa shape index (κ1) is 14.1. The third kappa shape index (κ3) is 2.84. The molecule has 1 heterocycles. The lowest BCUT2D eigenvalue weighted by Crippen LogP contribution is -2.44. The minimum absolute atomic E-state index is 0.0527. The fourth-order valence-electron chi connectivity index (χ4n) is 2.20. The number of carbonyl (C=O) groups is 1. The Morgan fingerprint density at radius 3 is 3.00 bits per heavy atom. The molecule has 19 heavy (non-hydrogen) atoms.